The first-order valence-corrected chi connectivity index (χ1v) is 4.18. The van der Waals surface area contributed by atoms with Gasteiger partial charge in [-0.25, -0.2) is 0 Å². The third-order valence-corrected chi connectivity index (χ3v) is 1.18. The van der Waals surface area contributed by atoms with Crippen molar-refractivity contribution in [2.24, 2.45) is 0 Å². The Hall–Kier alpha value is -0.280. The molecule has 0 aliphatic carbocycles. The number of carbonyl (C=O) groups is 1. The summed E-state index contributed by atoms with van der Waals surface area (Å²) in [4.78, 5) is 13.1. The van der Waals surface area contributed by atoms with Crippen molar-refractivity contribution in [1.82, 2.24) is 4.90 Å². The largest absolute Gasteiger partial charge is 0.460 e. The molecule has 0 saturated heterocycles. The van der Waals surface area contributed by atoms with Gasteiger partial charge in [0.15, 0.2) is 0 Å². The molecule has 0 radical (unpaired) electrons. The third kappa shape index (κ3) is 11.7. The van der Waals surface area contributed by atoms with E-state index in [4.69, 9.17) is 4.74 Å². The molecule has 0 bridgehead atoms. The SMILES string of the molecule is CN(C)CCC(=O)OC(C)(C)C.Cl. The summed E-state index contributed by atoms with van der Waals surface area (Å²) < 4.78 is 5.12. The second-order valence-corrected chi connectivity index (χ2v) is 4.14. The molecule has 13 heavy (non-hydrogen) atoms. The van der Waals surface area contributed by atoms with Crippen molar-refractivity contribution in [1.29, 1.82) is 0 Å². The van der Waals surface area contributed by atoms with Crippen LogP contribution in [-0.4, -0.2) is 37.1 Å². The Balaban J connectivity index is 0. The van der Waals surface area contributed by atoms with Gasteiger partial charge in [-0.2, -0.15) is 0 Å². The molecule has 0 N–H and O–H groups in total. The number of halogens is 1. The van der Waals surface area contributed by atoms with Gasteiger partial charge in [-0.15, -0.1) is 12.4 Å². The van der Waals surface area contributed by atoms with Gasteiger partial charge in [0.2, 0.25) is 0 Å². The van der Waals surface area contributed by atoms with Crippen molar-refractivity contribution >= 4 is 18.4 Å². The van der Waals surface area contributed by atoms with Gasteiger partial charge in [0.05, 0.1) is 6.42 Å². The topological polar surface area (TPSA) is 29.5 Å². The predicted molar refractivity (Wildman–Crippen MR) is 56.3 cm³/mol. The van der Waals surface area contributed by atoms with Crippen LogP contribution in [0.1, 0.15) is 27.2 Å². The average Bonchev–Trinajstić information content (AvgIpc) is 1.79. The third-order valence-electron chi connectivity index (χ3n) is 1.18. The fourth-order valence-corrected chi connectivity index (χ4v) is 0.707. The van der Waals surface area contributed by atoms with Crippen molar-refractivity contribution in [2.75, 3.05) is 20.6 Å². The lowest BCUT2D eigenvalue weighted by molar-refractivity contribution is -0.155. The highest BCUT2D eigenvalue weighted by Gasteiger charge is 2.15. The molecular formula is C9H20ClNO2. The first-order valence-electron chi connectivity index (χ1n) is 4.18. The second kappa shape index (κ2) is 6.22. The quantitative estimate of drug-likeness (QED) is 0.663. The number of nitrogens with zero attached hydrogens (tertiary/aromatic N) is 1. The lowest BCUT2D eigenvalue weighted by atomic mass is 10.2. The molecule has 4 heteroatoms. The smallest absolute Gasteiger partial charge is 0.307 e. The standard InChI is InChI=1S/C9H19NO2.ClH/c1-9(2,3)12-8(11)6-7-10(4)5;/h6-7H2,1-5H3;1H. The number of ether oxygens (including phenoxy) is 1. The van der Waals surface area contributed by atoms with Gasteiger partial charge >= 0.3 is 5.97 Å². The number of hydrogen-bond acceptors (Lipinski definition) is 3. The summed E-state index contributed by atoms with van der Waals surface area (Å²) in [6, 6.07) is 0. The minimum atomic E-state index is -0.358. The van der Waals surface area contributed by atoms with Crippen LogP contribution in [0.25, 0.3) is 0 Å². The summed E-state index contributed by atoms with van der Waals surface area (Å²) in [5, 5.41) is 0. The fraction of sp³-hybridized carbons (Fsp3) is 0.889. The van der Waals surface area contributed by atoms with Gasteiger partial charge < -0.3 is 9.64 Å². The van der Waals surface area contributed by atoms with Crippen LogP contribution in [0.15, 0.2) is 0 Å². The van der Waals surface area contributed by atoms with Crippen LogP contribution in [0.4, 0.5) is 0 Å². The summed E-state index contributed by atoms with van der Waals surface area (Å²) >= 11 is 0. The Morgan fingerprint density at radius 3 is 2.08 bits per heavy atom. The zero-order valence-electron chi connectivity index (χ0n) is 9.09. The minimum Gasteiger partial charge on any atom is -0.460 e. The maximum Gasteiger partial charge on any atom is 0.307 e. The number of rotatable bonds is 3. The molecule has 0 aromatic heterocycles. The number of carbonyl (C=O) groups excluding carboxylic acids is 1. The highest BCUT2D eigenvalue weighted by molar-refractivity contribution is 5.85. The van der Waals surface area contributed by atoms with E-state index in [2.05, 4.69) is 0 Å². The summed E-state index contributed by atoms with van der Waals surface area (Å²) in [6.45, 7) is 6.37. The zero-order valence-corrected chi connectivity index (χ0v) is 9.90. The van der Waals surface area contributed by atoms with Crippen LogP contribution in [0.3, 0.4) is 0 Å². The molecule has 3 nitrogen and oxygen atoms in total. The number of hydrogen-bond donors (Lipinski definition) is 0. The average molecular weight is 210 g/mol. The monoisotopic (exact) mass is 209 g/mol. The van der Waals surface area contributed by atoms with Gasteiger partial charge in [-0.05, 0) is 34.9 Å². The first-order chi connectivity index (χ1) is 5.31. The summed E-state index contributed by atoms with van der Waals surface area (Å²) in [6.07, 6.45) is 0.463. The molecule has 0 rings (SSSR count). The molecule has 0 spiro atoms. The van der Waals surface area contributed by atoms with E-state index in [9.17, 15) is 4.79 Å². The minimum absolute atomic E-state index is 0. The van der Waals surface area contributed by atoms with E-state index in [1.165, 1.54) is 0 Å². The Bertz CT molecular complexity index is 152. The van der Waals surface area contributed by atoms with E-state index in [0.717, 1.165) is 6.54 Å². The maximum atomic E-state index is 11.1. The van der Waals surface area contributed by atoms with Gasteiger partial charge in [-0.3, -0.25) is 4.79 Å². The van der Waals surface area contributed by atoms with Crippen molar-refractivity contribution in [3.05, 3.63) is 0 Å². The molecule has 0 unspecified atom stereocenters. The molecule has 0 aliphatic heterocycles. The van der Waals surface area contributed by atoms with Crippen LogP contribution in [-0.2, 0) is 9.53 Å². The summed E-state index contributed by atoms with van der Waals surface area (Å²) in [7, 11) is 3.87. The molecule has 0 amide bonds. The van der Waals surface area contributed by atoms with E-state index < -0.39 is 0 Å². The first kappa shape index (κ1) is 15.2. The second-order valence-electron chi connectivity index (χ2n) is 4.14. The van der Waals surface area contributed by atoms with Crippen molar-refractivity contribution in [3.63, 3.8) is 0 Å². The molecule has 0 saturated carbocycles. The van der Waals surface area contributed by atoms with E-state index in [1.54, 1.807) is 0 Å². The van der Waals surface area contributed by atoms with Crippen molar-refractivity contribution in [3.8, 4) is 0 Å². The molecule has 0 heterocycles. The fourth-order valence-electron chi connectivity index (χ4n) is 0.707. The molecule has 0 aliphatic rings. The molecule has 0 atom stereocenters. The lowest BCUT2D eigenvalue weighted by Gasteiger charge is -2.20. The summed E-state index contributed by atoms with van der Waals surface area (Å²) in [5.41, 5.74) is -0.358. The van der Waals surface area contributed by atoms with Gasteiger partial charge in [0, 0.05) is 6.54 Å². The van der Waals surface area contributed by atoms with Crippen molar-refractivity contribution < 1.29 is 9.53 Å². The van der Waals surface area contributed by atoms with E-state index in [-0.39, 0.29) is 24.0 Å². The van der Waals surface area contributed by atoms with Crippen LogP contribution >= 0.6 is 12.4 Å². The molecule has 0 aromatic carbocycles. The van der Waals surface area contributed by atoms with Gasteiger partial charge in [0.1, 0.15) is 5.60 Å². The van der Waals surface area contributed by atoms with Gasteiger partial charge in [0.25, 0.3) is 0 Å². The zero-order chi connectivity index (χ0) is 9.78. The molecule has 80 valence electrons. The Labute approximate surface area is 86.8 Å². The van der Waals surface area contributed by atoms with E-state index in [0.29, 0.717) is 6.42 Å². The van der Waals surface area contributed by atoms with Crippen molar-refractivity contribution in [2.45, 2.75) is 32.8 Å². The highest BCUT2D eigenvalue weighted by Crippen LogP contribution is 2.07. The normalized spacial score (nSPS) is 10.9. The van der Waals surface area contributed by atoms with Crippen LogP contribution in [0.5, 0.6) is 0 Å². The highest BCUT2D eigenvalue weighted by atomic mass is 35.5. The maximum absolute atomic E-state index is 11.1. The summed E-state index contributed by atoms with van der Waals surface area (Å²) in [5.74, 6) is -0.129. The Morgan fingerprint density at radius 1 is 1.31 bits per heavy atom. The van der Waals surface area contributed by atoms with Crippen LogP contribution in [0, 0.1) is 0 Å². The van der Waals surface area contributed by atoms with Crippen LogP contribution in [0.2, 0.25) is 0 Å². The number of esters is 1. The van der Waals surface area contributed by atoms with Gasteiger partial charge in [-0.1, -0.05) is 0 Å². The van der Waals surface area contributed by atoms with E-state index in [1.807, 2.05) is 39.8 Å². The van der Waals surface area contributed by atoms with E-state index >= 15 is 0 Å². The molecular weight excluding hydrogens is 190 g/mol. The van der Waals surface area contributed by atoms with Crippen LogP contribution < -0.4 is 0 Å². The predicted octanol–water partition coefficient (Wildman–Crippen LogP) is 1.70. The Kier molecular flexibility index (Phi) is 7.27. The Morgan fingerprint density at radius 2 is 1.77 bits per heavy atom. The molecule has 0 fully saturated rings. The lowest BCUT2D eigenvalue weighted by Crippen LogP contribution is -2.26. The molecule has 0 aromatic rings.